The lowest BCUT2D eigenvalue weighted by Gasteiger charge is -2.13. The summed E-state index contributed by atoms with van der Waals surface area (Å²) >= 11 is 3.28. The molecule has 3 rings (SSSR count). The van der Waals surface area contributed by atoms with Gasteiger partial charge in [0.25, 0.3) is 0 Å². The Morgan fingerprint density at radius 1 is 1.38 bits per heavy atom. The highest BCUT2D eigenvalue weighted by Gasteiger charge is 2.14. The summed E-state index contributed by atoms with van der Waals surface area (Å²) in [6, 6.07) is 2.09. The predicted molar refractivity (Wildman–Crippen MR) is 88.8 cm³/mol. The van der Waals surface area contributed by atoms with Crippen LogP contribution < -0.4 is 16.6 Å². The number of thiophene rings is 1. The Bertz CT molecular complexity index is 750. The maximum absolute atomic E-state index is 5.43. The van der Waals surface area contributed by atoms with Crippen LogP contribution in [0, 0.1) is 0 Å². The minimum Gasteiger partial charge on any atom is -0.360 e. The van der Waals surface area contributed by atoms with Crippen molar-refractivity contribution in [3.8, 4) is 0 Å². The second-order valence-corrected chi connectivity index (χ2v) is 6.61. The zero-order chi connectivity index (χ0) is 14.8. The summed E-state index contributed by atoms with van der Waals surface area (Å²) in [6.45, 7) is 4.21. The molecule has 3 heterocycles. The number of hydrogen-bond acceptors (Lipinski definition) is 8. The third-order valence-corrected chi connectivity index (χ3v) is 5.23. The number of nitrogens with one attached hydrogen (secondary N) is 2. The average molecular weight is 320 g/mol. The van der Waals surface area contributed by atoms with Crippen molar-refractivity contribution in [2.75, 3.05) is 10.7 Å². The summed E-state index contributed by atoms with van der Waals surface area (Å²) in [6.07, 6.45) is 2.94. The van der Waals surface area contributed by atoms with Crippen molar-refractivity contribution < 1.29 is 0 Å². The highest BCUT2D eigenvalue weighted by atomic mass is 32.1. The predicted octanol–water partition coefficient (Wildman–Crippen LogP) is 3.17. The van der Waals surface area contributed by atoms with Gasteiger partial charge in [-0.3, -0.25) is 5.43 Å². The molecule has 0 fully saturated rings. The average Bonchev–Trinajstić information content (AvgIpc) is 3.15. The van der Waals surface area contributed by atoms with Crippen LogP contribution in [0.2, 0.25) is 0 Å². The highest BCUT2D eigenvalue weighted by Crippen LogP contribution is 2.30. The van der Waals surface area contributed by atoms with Crippen LogP contribution in [0.1, 0.15) is 29.8 Å². The quantitative estimate of drug-likeness (QED) is 0.494. The molecule has 0 saturated carbocycles. The van der Waals surface area contributed by atoms with Gasteiger partial charge in [-0.05, 0) is 24.8 Å². The van der Waals surface area contributed by atoms with Gasteiger partial charge in [0.05, 0.1) is 11.4 Å². The van der Waals surface area contributed by atoms with Crippen molar-refractivity contribution in [2.45, 2.75) is 26.3 Å². The largest absolute Gasteiger partial charge is 0.360 e. The van der Waals surface area contributed by atoms with E-state index in [4.69, 9.17) is 5.84 Å². The summed E-state index contributed by atoms with van der Waals surface area (Å²) in [5, 5.41) is 7.45. The van der Waals surface area contributed by atoms with Gasteiger partial charge in [-0.25, -0.2) is 15.8 Å². The lowest BCUT2D eigenvalue weighted by molar-refractivity contribution is 0.862. The van der Waals surface area contributed by atoms with Crippen LogP contribution in [0.4, 0.5) is 11.8 Å². The molecule has 0 saturated heterocycles. The number of rotatable bonds is 5. The molecule has 0 aromatic carbocycles. The molecule has 4 N–H and O–H groups in total. The Morgan fingerprint density at radius 2 is 2.24 bits per heavy atom. The van der Waals surface area contributed by atoms with E-state index in [0.29, 0.717) is 5.95 Å². The normalized spacial score (nSPS) is 12.5. The van der Waals surface area contributed by atoms with Gasteiger partial charge in [-0.1, -0.05) is 6.92 Å². The van der Waals surface area contributed by atoms with Crippen LogP contribution in [-0.2, 0) is 6.42 Å². The molecular formula is C13H16N6S2. The molecule has 3 aromatic heterocycles. The van der Waals surface area contributed by atoms with Gasteiger partial charge in [-0.2, -0.15) is 4.98 Å². The van der Waals surface area contributed by atoms with Crippen molar-refractivity contribution in [2.24, 2.45) is 5.84 Å². The number of nitrogen functional groups attached to an aromatic ring is 1. The smallest absolute Gasteiger partial charge is 0.240 e. The third-order valence-electron chi connectivity index (χ3n) is 3.10. The number of anilines is 2. The molecule has 0 bridgehead atoms. The van der Waals surface area contributed by atoms with Crippen LogP contribution in [0.5, 0.6) is 0 Å². The van der Waals surface area contributed by atoms with E-state index >= 15 is 0 Å². The van der Waals surface area contributed by atoms with Gasteiger partial charge in [0.2, 0.25) is 5.95 Å². The second-order valence-electron chi connectivity index (χ2n) is 4.56. The molecule has 3 aromatic rings. The number of hydrogen-bond donors (Lipinski definition) is 3. The van der Waals surface area contributed by atoms with E-state index in [-0.39, 0.29) is 6.04 Å². The standard InChI is InChI=1S/C13H16N6S2/c1-3-8-6-15-11(21-8)7(2)16-10-9-4-5-20-12(9)18-13(17-10)19-14/h4-7H,3,14H2,1-2H3,(H2,16,17,18,19). The summed E-state index contributed by atoms with van der Waals surface area (Å²) in [4.78, 5) is 15.4. The molecule has 6 nitrogen and oxygen atoms in total. The van der Waals surface area contributed by atoms with E-state index < -0.39 is 0 Å². The van der Waals surface area contributed by atoms with Crippen molar-refractivity contribution in [3.63, 3.8) is 0 Å². The molecule has 0 amide bonds. The number of nitrogens with zero attached hydrogens (tertiary/aromatic N) is 3. The van der Waals surface area contributed by atoms with Crippen LogP contribution in [0.15, 0.2) is 17.6 Å². The Balaban J connectivity index is 1.91. The van der Waals surface area contributed by atoms with Gasteiger partial charge >= 0.3 is 0 Å². The number of aryl methyl sites for hydroxylation is 1. The number of thiazole rings is 1. The molecular weight excluding hydrogens is 304 g/mol. The van der Waals surface area contributed by atoms with Gasteiger partial charge in [0, 0.05) is 11.1 Å². The molecule has 0 aliphatic rings. The molecule has 21 heavy (non-hydrogen) atoms. The minimum atomic E-state index is 0.0823. The first-order valence-electron chi connectivity index (χ1n) is 6.64. The van der Waals surface area contributed by atoms with Gasteiger partial charge in [0.1, 0.15) is 15.7 Å². The van der Waals surface area contributed by atoms with Gasteiger partial charge in [0.15, 0.2) is 0 Å². The lowest BCUT2D eigenvalue weighted by atomic mass is 10.3. The fourth-order valence-corrected chi connectivity index (χ4v) is 3.61. The summed E-state index contributed by atoms with van der Waals surface area (Å²) < 4.78 is 0. The SMILES string of the molecule is CCc1cnc(C(C)Nc2nc(NN)nc3sccc23)s1. The Hall–Kier alpha value is -1.77. The Morgan fingerprint density at radius 3 is 2.95 bits per heavy atom. The van der Waals surface area contributed by atoms with Gasteiger partial charge in [-0.15, -0.1) is 22.7 Å². The second kappa shape index (κ2) is 5.92. The van der Waals surface area contributed by atoms with E-state index in [9.17, 15) is 0 Å². The summed E-state index contributed by atoms with van der Waals surface area (Å²) in [5.74, 6) is 6.62. The van der Waals surface area contributed by atoms with Crippen LogP contribution in [0.3, 0.4) is 0 Å². The molecule has 0 spiro atoms. The lowest BCUT2D eigenvalue weighted by Crippen LogP contribution is -2.13. The van der Waals surface area contributed by atoms with E-state index in [1.54, 1.807) is 22.7 Å². The maximum Gasteiger partial charge on any atom is 0.240 e. The minimum absolute atomic E-state index is 0.0823. The van der Waals surface area contributed by atoms with E-state index in [1.807, 2.05) is 17.6 Å². The molecule has 8 heteroatoms. The Kier molecular flexibility index (Phi) is 4.00. The van der Waals surface area contributed by atoms with Crippen LogP contribution >= 0.6 is 22.7 Å². The number of aromatic nitrogens is 3. The van der Waals surface area contributed by atoms with E-state index in [0.717, 1.165) is 27.5 Å². The fraction of sp³-hybridized carbons (Fsp3) is 0.308. The zero-order valence-electron chi connectivity index (χ0n) is 11.8. The molecule has 1 unspecified atom stereocenters. The monoisotopic (exact) mass is 320 g/mol. The third kappa shape index (κ3) is 2.82. The number of hydrazine groups is 1. The van der Waals surface area contributed by atoms with E-state index in [2.05, 4.69) is 39.5 Å². The molecule has 110 valence electrons. The molecule has 0 aliphatic carbocycles. The number of fused-ring (bicyclic) bond motifs is 1. The fourth-order valence-electron chi connectivity index (χ4n) is 1.98. The Labute approximate surface area is 130 Å². The van der Waals surface area contributed by atoms with Crippen LogP contribution in [0.25, 0.3) is 10.2 Å². The first kappa shape index (κ1) is 14.2. The van der Waals surface area contributed by atoms with Crippen LogP contribution in [-0.4, -0.2) is 15.0 Å². The summed E-state index contributed by atoms with van der Waals surface area (Å²) in [5.41, 5.74) is 2.51. The van der Waals surface area contributed by atoms with Crippen molar-refractivity contribution >= 4 is 44.7 Å². The van der Waals surface area contributed by atoms with Gasteiger partial charge < -0.3 is 5.32 Å². The van der Waals surface area contributed by atoms with Crippen molar-refractivity contribution in [3.05, 3.63) is 27.5 Å². The highest BCUT2D eigenvalue weighted by molar-refractivity contribution is 7.16. The first-order chi connectivity index (χ1) is 10.2. The summed E-state index contributed by atoms with van der Waals surface area (Å²) in [7, 11) is 0. The molecule has 0 aliphatic heterocycles. The topological polar surface area (TPSA) is 88.8 Å². The zero-order valence-corrected chi connectivity index (χ0v) is 13.4. The van der Waals surface area contributed by atoms with Crippen molar-refractivity contribution in [1.82, 2.24) is 15.0 Å². The maximum atomic E-state index is 5.43. The first-order valence-corrected chi connectivity index (χ1v) is 8.34. The molecule has 1 atom stereocenters. The van der Waals surface area contributed by atoms with E-state index in [1.165, 1.54) is 4.88 Å². The number of nitrogens with two attached hydrogens (primary N) is 1. The van der Waals surface area contributed by atoms with Crippen molar-refractivity contribution in [1.29, 1.82) is 0 Å². The molecule has 0 radical (unpaired) electrons.